The lowest BCUT2D eigenvalue weighted by Crippen LogP contribution is -2.44. The molecule has 0 saturated carbocycles. The first-order valence-electron chi connectivity index (χ1n) is 7.17. The molecule has 1 fully saturated rings. The topological polar surface area (TPSA) is 91.7 Å². The smallest absolute Gasteiger partial charge is 0.343 e. The molecule has 7 nitrogen and oxygen atoms in total. The van der Waals surface area contributed by atoms with Gasteiger partial charge in [0.2, 0.25) is 11.8 Å². The first-order chi connectivity index (χ1) is 11.1. The lowest BCUT2D eigenvalue weighted by molar-refractivity contribution is -0.125. The lowest BCUT2D eigenvalue weighted by Gasteiger charge is -2.13. The second-order valence-corrected chi connectivity index (χ2v) is 5.11. The molecule has 0 atom stereocenters. The fourth-order valence-corrected chi connectivity index (χ4v) is 2.24. The molecule has 1 aliphatic rings. The van der Waals surface area contributed by atoms with Crippen molar-refractivity contribution in [1.82, 2.24) is 15.8 Å². The Labute approximate surface area is 132 Å². The summed E-state index contributed by atoms with van der Waals surface area (Å²) in [4.78, 5) is 34.2. The normalized spacial score (nSPS) is 14.0. The minimum atomic E-state index is -0.618. The zero-order valence-corrected chi connectivity index (χ0v) is 12.2. The third-order valence-electron chi connectivity index (χ3n) is 3.37. The van der Waals surface area contributed by atoms with E-state index in [9.17, 15) is 14.4 Å². The van der Waals surface area contributed by atoms with Crippen LogP contribution in [0.25, 0.3) is 11.3 Å². The number of imide groups is 1. The van der Waals surface area contributed by atoms with Crippen LogP contribution in [0.2, 0.25) is 0 Å². The third kappa shape index (κ3) is 3.57. The van der Waals surface area contributed by atoms with E-state index in [0.717, 1.165) is 16.3 Å². The van der Waals surface area contributed by atoms with Gasteiger partial charge in [0.1, 0.15) is 18.1 Å². The fourth-order valence-electron chi connectivity index (χ4n) is 2.24. The number of hydrazine groups is 1. The van der Waals surface area contributed by atoms with Gasteiger partial charge in [-0.15, -0.1) is 0 Å². The molecule has 3 rings (SSSR count). The van der Waals surface area contributed by atoms with Crippen LogP contribution in [0.5, 0.6) is 0 Å². The molecule has 0 bridgehead atoms. The van der Waals surface area contributed by atoms with E-state index in [1.54, 1.807) is 0 Å². The molecular formula is C16H15N3O4. The zero-order chi connectivity index (χ0) is 16.2. The van der Waals surface area contributed by atoms with Crippen molar-refractivity contribution in [3.05, 3.63) is 48.2 Å². The van der Waals surface area contributed by atoms with Gasteiger partial charge in [0.15, 0.2) is 0 Å². The standard InChI is InChI=1S/C16H15N3O4/c20-14(18-19-10-15(21)17-16(19)22)9-7-12-6-8-13(23-12)11-4-2-1-3-5-11/h1-6,8H,7,9-10H2,(H,18,20)(H,17,21,22). The molecule has 0 unspecified atom stereocenters. The summed E-state index contributed by atoms with van der Waals surface area (Å²) >= 11 is 0. The molecule has 7 heteroatoms. The Balaban J connectivity index is 1.53. The predicted molar refractivity (Wildman–Crippen MR) is 80.9 cm³/mol. The molecule has 1 aliphatic heterocycles. The van der Waals surface area contributed by atoms with Gasteiger partial charge < -0.3 is 4.42 Å². The first kappa shape index (κ1) is 14.8. The van der Waals surface area contributed by atoms with Crippen LogP contribution in [-0.4, -0.2) is 29.4 Å². The van der Waals surface area contributed by atoms with Crippen molar-refractivity contribution in [2.24, 2.45) is 0 Å². The van der Waals surface area contributed by atoms with Gasteiger partial charge in [-0.3, -0.25) is 20.3 Å². The zero-order valence-electron chi connectivity index (χ0n) is 12.2. The highest BCUT2D eigenvalue weighted by Gasteiger charge is 2.27. The molecule has 4 amide bonds. The number of nitrogens with zero attached hydrogens (tertiary/aromatic N) is 1. The average molecular weight is 313 g/mol. The SMILES string of the molecule is O=C1CN(NC(=O)CCc2ccc(-c3ccccc3)o2)C(=O)N1. The summed E-state index contributed by atoms with van der Waals surface area (Å²) in [6, 6.07) is 12.7. The van der Waals surface area contributed by atoms with Crippen molar-refractivity contribution in [3.63, 3.8) is 0 Å². The first-order valence-corrected chi connectivity index (χ1v) is 7.17. The summed E-state index contributed by atoms with van der Waals surface area (Å²) in [6.07, 6.45) is 0.557. The highest BCUT2D eigenvalue weighted by Crippen LogP contribution is 2.22. The number of rotatable bonds is 5. The molecule has 118 valence electrons. The molecule has 0 spiro atoms. The Morgan fingerprint density at radius 2 is 1.96 bits per heavy atom. The van der Waals surface area contributed by atoms with Crippen LogP contribution in [0.1, 0.15) is 12.2 Å². The van der Waals surface area contributed by atoms with E-state index < -0.39 is 11.9 Å². The molecule has 0 radical (unpaired) electrons. The summed E-state index contributed by atoms with van der Waals surface area (Å²) in [5, 5.41) is 3.04. The van der Waals surface area contributed by atoms with Crippen LogP contribution < -0.4 is 10.7 Å². The van der Waals surface area contributed by atoms with E-state index in [4.69, 9.17) is 4.42 Å². The van der Waals surface area contributed by atoms with Gasteiger partial charge in [0.25, 0.3) is 0 Å². The quantitative estimate of drug-likeness (QED) is 0.818. The Morgan fingerprint density at radius 1 is 1.17 bits per heavy atom. The van der Waals surface area contributed by atoms with E-state index in [2.05, 4.69) is 10.7 Å². The molecule has 2 aromatic rings. The Kier molecular flexibility index (Phi) is 4.09. The van der Waals surface area contributed by atoms with Crippen molar-refractivity contribution < 1.29 is 18.8 Å². The van der Waals surface area contributed by atoms with Crippen LogP contribution in [-0.2, 0) is 16.0 Å². The van der Waals surface area contributed by atoms with Crippen LogP contribution in [0.3, 0.4) is 0 Å². The number of amides is 4. The molecule has 2 heterocycles. The minimum absolute atomic E-state index is 0.152. The van der Waals surface area contributed by atoms with Gasteiger partial charge in [-0.1, -0.05) is 30.3 Å². The number of aryl methyl sites for hydroxylation is 1. The number of hydrogen-bond donors (Lipinski definition) is 2. The van der Waals surface area contributed by atoms with Gasteiger partial charge in [0.05, 0.1) is 0 Å². The van der Waals surface area contributed by atoms with E-state index in [1.165, 1.54) is 0 Å². The molecular weight excluding hydrogens is 298 g/mol. The Morgan fingerprint density at radius 3 is 2.65 bits per heavy atom. The second-order valence-electron chi connectivity index (χ2n) is 5.11. The average Bonchev–Trinajstić information content (AvgIpc) is 3.13. The summed E-state index contributed by atoms with van der Waals surface area (Å²) in [5.74, 6) is 0.632. The molecule has 1 saturated heterocycles. The maximum absolute atomic E-state index is 11.8. The van der Waals surface area contributed by atoms with Crippen molar-refractivity contribution in [3.8, 4) is 11.3 Å². The number of nitrogens with one attached hydrogen (secondary N) is 2. The fraction of sp³-hybridized carbons (Fsp3) is 0.188. The Bertz CT molecular complexity index is 739. The van der Waals surface area contributed by atoms with Gasteiger partial charge in [-0.2, -0.15) is 0 Å². The summed E-state index contributed by atoms with van der Waals surface area (Å²) < 4.78 is 5.70. The van der Waals surface area contributed by atoms with Crippen LogP contribution >= 0.6 is 0 Å². The highest BCUT2D eigenvalue weighted by atomic mass is 16.3. The lowest BCUT2D eigenvalue weighted by atomic mass is 10.2. The second kappa shape index (κ2) is 6.35. The van der Waals surface area contributed by atoms with E-state index >= 15 is 0 Å². The molecule has 0 aliphatic carbocycles. The minimum Gasteiger partial charge on any atom is -0.461 e. The molecule has 2 N–H and O–H groups in total. The number of furan rings is 1. The van der Waals surface area contributed by atoms with Gasteiger partial charge in [0, 0.05) is 18.4 Å². The number of urea groups is 1. The van der Waals surface area contributed by atoms with Gasteiger partial charge >= 0.3 is 6.03 Å². The highest BCUT2D eigenvalue weighted by molar-refractivity contribution is 6.02. The maximum atomic E-state index is 11.8. The van der Waals surface area contributed by atoms with Crippen LogP contribution in [0.4, 0.5) is 4.79 Å². The van der Waals surface area contributed by atoms with Gasteiger partial charge in [-0.05, 0) is 12.1 Å². The third-order valence-corrected chi connectivity index (χ3v) is 3.37. The number of hydrogen-bond acceptors (Lipinski definition) is 4. The largest absolute Gasteiger partial charge is 0.461 e. The van der Waals surface area contributed by atoms with Crippen molar-refractivity contribution in [2.45, 2.75) is 12.8 Å². The predicted octanol–water partition coefficient (Wildman–Crippen LogP) is 1.46. The van der Waals surface area contributed by atoms with Crippen molar-refractivity contribution in [2.75, 3.05) is 6.54 Å². The van der Waals surface area contributed by atoms with E-state index in [1.807, 2.05) is 42.5 Å². The molecule has 23 heavy (non-hydrogen) atoms. The number of carbonyl (C=O) groups is 3. The van der Waals surface area contributed by atoms with Crippen molar-refractivity contribution >= 4 is 17.8 Å². The van der Waals surface area contributed by atoms with Gasteiger partial charge in [-0.25, -0.2) is 9.80 Å². The molecule has 1 aromatic heterocycles. The summed E-state index contributed by atoms with van der Waals surface area (Å²) in [6.45, 7) is -0.163. The summed E-state index contributed by atoms with van der Waals surface area (Å²) in [5.41, 5.74) is 3.36. The van der Waals surface area contributed by atoms with Crippen LogP contribution in [0.15, 0.2) is 46.9 Å². The number of benzene rings is 1. The van der Waals surface area contributed by atoms with E-state index in [0.29, 0.717) is 12.2 Å². The van der Waals surface area contributed by atoms with E-state index in [-0.39, 0.29) is 18.9 Å². The molecule has 1 aromatic carbocycles. The maximum Gasteiger partial charge on any atom is 0.343 e. The van der Waals surface area contributed by atoms with Crippen molar-refractivity contribution in [1.29, 1.82) is 0 Å². The van der Waals surface area contributed by atoms with Crippen LogP contribution in [0, 0.1) is 0 Å². The Hall–Kier alpha value is -3.09. The monoisotopic (exact) mass is 313 g/mol. The summed E-state index contributed by atoms with van der Waals surface area (Å²) in [7, 11) is 0. The number of carbonyl (C=O) groups excluding carboxylic acids is 3.